The van der Waals surface area contributed by atoms with Gasteiger partial charge in [0.15, 0.2) is 14.6 Å². The molecule has 0 aliphatic carbocycles. The molecular weight excluding hydrogens is 470 g/mol. The normalized spacial score (nSPS) is 18.8. The van der Waals surface area contributed by atoms with Gasteiger partial charge in [0.25, 0.3) is 0 Å². The van der Waals surface area contributed by atoms with E-state index in [1.807, 2.05) is 6.92 Å². The number of benzene rings is 2. The van der Waals surface area contributed by atoms with Crippen LogP contribution in [0.3, 0.4) is 0 Å². The average molecular weight is 506 g/mol. The zero-order chi connectivity index (χ0) is 25.5. The van der Waals surface area contributed by atoms with Crippen LogP contribution in [0.5, 0.6) is 11.5 Å². The first-order valence-electron chi connectivity index (χ1n) is 11.9. The first kappa shape index (κ1) is 27.0. The van der Waals surface area contributed by atoms with E-state index < -0.39 is 20.6 Å². The van der Waals surface area contributed by atoms with Gasteiger partial charge < -0.3 is 24.3 Å². The Hall–Kier alpha value is -2.62. The van der Waals surface area contributed by atoms with Crippen molar-refractivity contribution in [3.05, 3.63) is 54.1 Å². The summed E-state index contributed by atoms with van der Waals surface area (Å²) in [5.74, 6) is 0.419. The van der Waals surface area contributed by atoms with Gasteiger partial charge in [-0.3, -0.25) is 4.79 Å². The molecule has 0 bridgehead atoms. The van der Waals surface area contributed by atoms with E-state index in [0.717, 1.165) is 13.1 Å². The standard InChI is InChI=1S/C26H35NO7S/c1-5-26(25(28)32-6-2,35(29,30)23-13-11-21(31-4)12-14-23)17-20-7-9-22(10-8-20)34-19(3)24-18-27-15-16-33-24/h7-14,19,24,27H,5-6,15-18H2,1-4H3. The fraction of sp³-hybridized carbons (Fsp3) is 0.500. The number of morpholine rings is 1. The average Bonchev–Trinajstić information content (AvgIpc) is 2.88. The van der Waals surface area contributed by atoms with Gasteiger partial charge in [0.1, 0.15) is 23.7 Å². The zero-order valence-electron chi connectivity index (χ0n) is 20.8. The number of ether oxygens (including phenoxy) is 4. The van der Waals surface area contributed by atoms with E-state index in [2.05, 4.69) is 5.32 Å². The van der Waals surface area contributed by atoms with Gasteiger partial charge in [-0.15, -0.1) is 0 Å². The van der Waals surface area contributed by atoms with Crippen molar-refractivity contribution in [2.75, 3.05) is 33.4 Å². The summed E-state index contributed by atoms with van der Waals surface area (Å²) in [7, 11) is -2.58. The molecule has 1 heterocycles. The number of esters is 1. The van der Waals surface area contributed by atoms with Crippen molar-refractivity contribution < 1.29 is 32.2 Å². The van der Waals surface area contributed by atoms with Crippen LogP contribution in [0.1, 0.15) is 32.8 Å². The van der Waals surface area contributed by atoms with E-state index in [0.29, 0.717) is 23.7 Å². The van der Waals surface area contributed by atoms with Gasteiger partial charge in [-0.25, -0.2) is 8.42 Å². The number of sulfone groups is 1. The number of carbonyl (C=O) groups is 1. The van der Waals surface area contributed by atoms with Crippen LogP contribution in [0, 0.1) is 0 Å². The molecule has 192 valence electrons. The number of methoxy groups -OCH3 is 1. The van der Waals surface area contributed by atoms with Crippen molar-refractivity contribution in [1.82, 2.24) is 5.32 Å². The second-order valence-corrected chi connectivity index (χ2v) is 10.8. The number of carbonyl (C=O) groups excluding carboxylic acids is 1. The highest BCUT2D eigenvalue weighted by molar-refractivity contribution is 7.93. The van der Waals surface area contributed by atoms with Gasteiger partial charge in [-0.1, -0.05) is 19.1 Å². The Balaban J connectivity index is 1.86. The third kappa shape index (κ3) is 5.97. The predicted molar refractivity (Wildman–Crippen MR) is 133 cm³/mol. The van der Waals surface area contributed by atoms with E-state index in [4.69, 9.17) is 18.9 Å². The molecule has 3 atom stereocenters. The van der Waals surface area contributed by atoms with Crippen molar-refractivity contribution in [1.29, 1.82) is 0 Å². The molecule has 35 heavy (non-hydrogen) atoms. The van der Waals surface area contributed by atoms with E-state index in [9.17, 15) is 13.2 Å². The molecule has 2 aromatic carbocycles. The number of nitrogens with one attached hydrogen (secondary N) is 1. The lowest BCUT2D eigenvalue weighted by Gasteiger charge is -2.30. The van der Waals surface area contributed by atoms with Crippen LogP contribution in [-0.4, -0.2) is 64.8 Å². The van der Waals surface area contributed by atoms with Crippen LogP contribution >= 0.6 is 0 Å². The number of hydrogen-bond acceptors (Lipinski definition) is 8. The van der Waals surface area contributed by atoms with Crippen molar-refractivity contribution in [2.24, 2.45) is 0 Å². The molecular formula is C26H35NO7S. The maximum absolute atomic E-state index is 13.8. The van der Waals surface area contributed by atoms with Crippen LogP contribution in [0.15, 0.2) is 53.4 Å². The van der Waals surface area contributed by atoms with Crippen LogP contribution in [-0.2, 0) is 30.5 Å². The summed E-state index contributed by atoms with van der Waals surface area (Å²) in [5, 5.41) is 3.28. The Kier molecular flexibility index (Phi) is 9.15. The minimum Gasteiger partial charge on any atom is -0.497 e. The highest BCUT2D eigenvalue weighted by Gasteiger charge is 2.51. The topological polar surface area (TPSA) is 100 Å². The maximum Gasteiger partial charge on any atom is 0.328 e. The molecule has 9 heteroatoms. The Bertz CT molecular complexity index is 1060. The first-order chi connectivity index (χ1) is 16.8. The quantitative estimate of drug-likeness (QED) is 0.465. The van der Waals surface area contributed by atoms with Crippen LogP contribution in [0.2, 0.25) is 0 Å². The molecule has 1 N–H and O–H groups in total. The third-order valence-electron chi connectivity index (χ3n) is 6.32. The summed E-state index contributed by atoms with van der Waals surface area (Å²) in [6.07, 6.45) is -0.170. The second kappa shape index (κ2) is 11.9. The Labute approximate surface area is 207 Å². The highest BCUT2D eigenvalue weighted by atomic mass is 32.2. The minimum absolute atomic E-state index is 0.0256. The molecule has 0 saturated carbocycles. The highest BCUT2D eigenvalue weighted by Crippen LogP contribution is 2.35. The van der Waals surface area contributed by atoms with Crippen LogP contribution in [0.4, 0.5) is 0 Å². The molecule has 2 aromatic rings. The predicted octanol–water partition coefficient (Wildman–Crippen LogP) is 3.18. The molecule has 8 nitrogen and oxygen atoms in total. The fourth-order valence-electron chi connectivity index (χ4n) is 4.17. The summed E-state index contributed by atoms with van der Waals surface area (Å²) in [5.41, 5.74) is 0.688. The van der Waals surface area contributed by atoms with E-state index in [-0.39, 0.29) is 36.6 Å². The summed E-state index contributed by atoms with van der Waals surface area (Å²) < 4.78 is 48.0. The van der Waals surface area contributed by atoms with Crippen molar-refractivity contribution in [2.45, 2.75) is 55.5 Å². The molecule has 3 rings (SSSR count). The molecule has 1 fully saturated rings. The molecule has 1 aliphatic rings. The fourth-order valence-corrected chi connectivity index (χ4v) is 6.13. The molecule has 1 saturated heterocycles. The summed E-state index contributed by atoms with van der Waals surface area (Å²) in [6.45, 7) is 7.59. The molecule has 3 unspecified atom stereocenters. The van der Waals surface area contributed by atoms with Gasteiger partial charge in [0, 0.05) is 19.5 Å². The van der Waals surface area contributed by atoms with Gasteiger partial charge in [-0.05, 0) is 62.2 Å². The lowest BCUT2D eigenvalue weighted by Crippen LogP contribution is -2.49. The van der Waals surface area contributed by atoms with Crippen molar-refractivity contribution >= 4 is 15.8 Å². The SMILES string of the molecule is CCOC(=O)C(CC)(Cc1ccc(OC(C)C2CNCCO2)cc1)S(=O)(=O)c1ccc(OC)cc1. The third-order valence-corrected chi connectivity index (χ3v) is 8.84. The van der Waals surface area contributed by atoms with Crippen molar-refractivity contribution in [3.63, 3.8) is 0 Å². The van der Waals surface area contributed by atoms with E-state index >= 15 is 0 Å². The largest absolute Gasteiger partial charge is 0.497 e. The number of rotatable bonds is 11. The number of hydrogen-bond donors (Lipinski definition) is 1. The molecule has 0 radical (unpaired) electrons. The molecule has 0 spiro atoms. The summed E-state index contributed by atoms with van der Waals surface area (Å²) in [6, 6.07) is 13.2. The second-order valence-electron chi connectivity index (χ2n) is 8.50. The molecule has 1 aliphatic heterocycles. The minimum atomic E-state index is -4.09. The van der Waals surface area contributed by atoms with Gasteiger partial charge >= 0.3 is 5.97 Å². The lowest BCUT2D eigenvalue weighted by atomic mass is 9.95. The summed E-state index contributed by atoms with van der Waals surface area (Å²) in [4.78, 5) is 13.2. The van der Waals surface area contributed by atoms with E-state index in [1.165, 1.54) is 19.2 Å². The van der Waals surface area contributed by atoms with Crippen molar-refractivity contribution in [3.8, 4) is 11.5 Å². The zero-order valence-corrected chi connectivity index (χ0v) is 21.6. The summed E-state index contributed by atoms with van der Waals surface area (Å²) >= 11 is 0. The molecule has 0 amide bonds. The maximum atomic E-state index is 13.8. The Morgan fingerprint density at radius 1 is 1.11 bits per heavy atom. The van der Waals surface area contributed by atoms with Gasteiger partial charge in [0.2, 0.25) is 0 Å². The van der Waals surface area contributed by atoms with Crippen LogP contribution < -0.4 is 14.8 Å². The monoisotopic (exact) mass is 505 g/mol. The van der Waals surface area contributed by atoms with E-state index in [1.54, 1.807) is 50.2 Å². The lowest BCUT2D eigenvalue weighted by molar-refractivity contribution is -0.146. The Morgan fingerprint density at radius 3 is 2.31 bits per heavy atom. The van der Waals surface area contributed by atoms with Gasteiger partial charge in [0.05, 0.1) is 25.2 Å². The smallest absolute Gasteiger partial charge is 0.328 e. The van der Waals surface area contributed by atoms with Crippen LogP contribution in [0.25, 0.3) is 0 Å². The molecule has 0 aromatic heterocycles. The first-order valence-corrected chi connectivity index (χ1v) is 13.4. The Morgan fingerprint density at radius 2 is 1.77 bits per heavy atom. The van der Waals surface area contributed by atoms with Gasteiger partial charge in [-0.2, -0.15) is 0 Å².